The molecular weight excluding hydrogens is 350 g/mol. The first-order chi connectivity index (χ1) is 13.1. The molecule has 0 aliphatic carbocycles. The van der Waals surface area contributed by atoms with Crippen LogP contribution in [0.2, 0.25) is 0 Å². The highest BCUT2D eigenvalue weighted by molar-refractivity contribution is 5.55. The van der Waals surface area contributed by atoms with Crippen LogP contribution in [-0.4, -0.2) is 37.3 Å². The maximum Gasteiger partial charge on any atom is 0.231 e. The van der Waals surface area contributed by atoms with Gasteiger partial charge in [-0.3, -0.25) is 0 Å². The molecule has 3 aliphatic rings. The highest BCUT2D eigenvalue weighted by Crippen LogP contribution is 2.53. The third-order valence-electron chi connectivity index (χ3n) is 5.95. The van der Waals surface area contributed by atoms with Crippen molar-refractivity contribution in [1.82, 2.24) is 0 Å². The van der Waals surface area contributed by atoms with Crippen molar-refractivity contribution in [3.8, 4) is 23.0 Å². The lowest BCUT2D eigenvalue weighted by atomic mass is 9.81. The molecule has 142 valence electrons. The number of nitrogens with zero attached hydrogens (tertiary/aromatic N) is 1. The van der Waals surface area contributed by atoms with Gasteiger partial charge in [-0.1, -0.05) is 6.07 Å². The molecule has 0 bridgehead atoms. The minimum Gasteiger partial charge on any atom is -0.632 e. The third-order valence-corrected chi connectivity index (χ3v) is 5.95. The maximum atomic E-state index is 13.8. The highest BCUT2D eigenvalue weighted by Gasteiger charge is 2.48. The molecule has 1 N–H and O–H groups in total. The number of benzene rings is 2. The van der Waals surface area contributed by atoms with Crippen molar-refractivity contribution in [2.75, 3.05) is 27.6 Å². The van der Waals surface area contributed by atoms with Crippen molar-refractivity contribution in [1.29, 1.82) is 0 Å². The van der Waals surface area contributed by atoms with Crippen LogP contribution in [0.4, 0.5) is 0 Å². The summed E-state index contributed by atoms with van der Waals surface area (Å²) >= 11 is 0. The van der Waals surface area contributed by atoms with Crippen molar-refractivity contribution < 1.29 is 28.7 Å². The number of rotatable bonds is 2. The second kappa shape index (κ2) is 5.76. The predicted octanol–water partition coefficient (Wildman–Crippen LogP) is 2.59. The number of hydrogen-bond acceptors (Lipinski definition) is 6. The van der Waals surface area contributed by atoms with Crippen LogP contribution < -0.4 is 18.9 Å². The Bertz CT molecular complexity index is 929. The van der Waals surface area contributed by atoms with Gasteiger partial charge >= 0.3 is 0 Å². The van der Waals surface area contributed by atoms with Gasteiger partial charge in [0, 0.05) is 12.0 Å². The fraction of sp³-hybridized carbons (Fsp3) is 0.400. The summed E-state index contributed by atoms with van der Waals surface area (Å²) in [5, 5.41) is 25.0. The van der Waals surface area contributed by atoms with Crippen LogP contribution in [0, 0.1) is 5.21 Å². The van der Waals surface area contributed by atoms with Crippen LogP contribution in [0.3, 0.4) is 0 Å². The van der Waals surface area contributed by atoms with Gasteiger partial charge in [0.2, 0.25) is 6.79 Å². The second-order valence-electron chi connectivity index (χ2n) is 7.25. The van der Waals surface area contributed by atoms with Crippen LogP contribution in [0.25, 0.3) is 0 Å². The Balaban J connectivity index is 1.67. The van der Waals surface area contributed by atoms with E-state index in [2.05, 4.69) is 0 Å². The Labute approximate surface area is 156 Å². The molecule has 0 aromatic heterocycles. The van der Waals surface area contributed by atoms with Crippen LogP contribution in [0.15, 0.2) is 24.3 Å². The highest BCUT2D eigenvalue weighted by atomic mass is 16.7. The normalized spacial score (nSPS) is 27.4. The van der Waals surface area contributed by atoms with Crippen molar-refractivity contribution >= 4 is 0 Å². The predicted molar refractivity (Wildman–Crippen MR) is 95.7 cm³/mol. The molecule has 0 amide bonds. The van der Waals surface area contributed by atoms with Crippen LogP contribution in [0.5, 0.6) is 23.0 Å². The molecule has 3 unspecified atom stereocenters. The number of aliphatic hydroxyl groups is 1. The van der Waals surface area contributed by atoms with Crippen molar-refractivity contribution in [3.63, 3.8) is 0 Å². The van der Waals surface area contributed by atoms with Gasteiger partial charge in [-0.15, -0.1) is 0 Å². The van der Waals surface area contributed by atoms with Gasteiger partial charge in [-0.2, -0.15) is 0 Å². The number of fused-ring (bicyclic) bond motifs is 5. The summed E-state index contributed by atoms with van der Waals surface area (Å²) in [4.78, 5) is 0. The molecule has 27 heavy (non-hydrogen) atoms. The van der Waals surface area contributed by atoms with Gasteiger partial charge < -0.3 is 33.9 Å². The quantitative estimate of drug-likeness (QED) is 0.646. The minimum atomic E-state index is -0.939. The van der Waals surface area contributed by atoms with E-state index in [1.54, 1.807) is 20.3 Å². The smallest absolute Gasteiger partial charge is 0.231 e. The Kier molecular flexibility index (Phi) is 3.56. The summed E-state index contributed by atoms with van der Waals surface area (Å²) in [6.07, 6.45) is -0.314. The Hall–Kier alpha value is -2.48. The summed E-state index contributed by atoms with van der Waals surface area (Å²) in [6, 6.07) is 6.80. The molecule has 3 heterocycles. The average molecular weight is 371 g/mol. The molecule has 3 atom stereocenters. The molecule has 5 rings (SSSR count). The summed E-state index contributed by atoms with van der Waals surface area (Å²) in [6.45, 7) is 0.794. The van der Waals surface area contributed by atoms with Gasteiger partial charge in [-0.05, 0) is 29.3 Å². The van der Waals surface area contributed by atoms with E-state index in [-0.39, 0.29) is 13.3 Å². The van der Waals surface area contributed by atoms with E-state index in [0.717, 1.165) is 16.7 Å². The van der Waals surface area contributed by atoms with E-state index in [1.807, 2.05) is 18.2 Å². The van der Waals surface area contributed by atoms with E-state index in [9.17, 15) is 10.3 Å². The molecule has 0 radical (unpaired) electrons. The van der Waals surface area contributed by atoms with E-state index in [1.165, 1.54) is 0 Å². The lowest BCUT2D eigenvalue weighted by Crippen LogP contribution is -2.53. The average Bonchev–Trinajstić information content (AvgIpc) is 3.12. The fourth-order valence-electron chi connectivity index (χ4n) is 4.68. The van der Waals surface area contributed by atoms with Gasteiger partial charge in [-0.25, -0.2) is 0 Å². The van der Waals surface area contributed by atoms with E-state index in [0.29, 0.717) is 41.5 Å². The molecule has 3 aliphatic heterocycles. The summed E-state index contributed by atoms with van der Waals surface area (Å²) in [7, 11) is 3.12. The zero-order valence-corrected chi connectivity index (χ0v) is 15.2. The fourth-order valence-corrected chi connectivity index (χ4v) is 4.68. The van der Waals surface area contributed by atoms with Gasteiger partial charge in [0.25, 0.3) is 0 Å². The van der Waals surface area contributed by atoms with Crippen molar-refractivity contribution in [3.05, 3.63) is 51.7 Å². The third kappa shape index (κ3) is 2.25. The largest absolute Gasteiger partial charge is 0.632 e. The molecule has 2 aromatic rings. The van der Waals surface area contributed by atoms with Crippen LogP contribution in [0.1, 0.15) is 34.4 Å². The Morgan fingerprint density at radius 1 is 1.11 bits per heavy atom. The minimum absolute atomic E-state index is 0.183. The number of ether oxygens (including phenoxy) is 4. The number of methoxy groups -OCH3 is 2. The number of aliphatic hydroxyl groups excluding tert-OH is 1. The number of hydroxylamine groups is 3. The monoisotopic (exact) mass is 371 g/mol. The molecule has 0 saturated carbocycles. The van der Waals surface area contributed by atoms with E-state index >= 15 is 0 Å². The summed E-state index contributed by atoms with van der Waals surface area (Å²) < 4.78 is 21.3. The van der Waals surface area contributed by atoms with Crippen LogP contribution in [-0.2, 0) is 13.0 Å². The van der Waals surface area contributed by atoms with Crippen molar-refractivity contribution in [2.45, 2.75) is 25.1 Å². The zero-order chi connectivity index (χ0) is 18.8. The zero-order valence-electron chi connectivity index (χ0n) is 15.2. The molecule has 2 aromatic carbocycles. The van der Waals surface area contributed by atoms with Crippen LogP contribution >= 0.6 is 0 Å². The van der Waals surface area contributed by atoms with Crippen molar-refractivity contribution in [2.24, 2.45) is 0 Å². The summed E-state index contributed by atoms with van der Waals surface area (Å²) in [5.74, 6) is 2.43. The molecule has 7 nitrogen and oxygen atoms in total. The Morgan fingerprint density at radius 2 is 1.89 bits per heavy atom. The van der Waals surface area contributed by atoms with Gasteiger partial charge in [0.15, 0.2) is 23.0 Å². The first-order valence-corrected chi connectivity index (χ1v) is 8.97. The van der Waals surface area contributed by atoms with E-state index in [4.69, 9.17) is 18.9 Å². The number of quaternary nitrogens is 1. The summed E-state index contributed by atoms with van der Waals surface area (Å²) in [5.41, 5.74) is 3.32. The molecule has 7 heteroatoms. The lowest BCUT2D eigenvalue weighted by molar-refractivity contribution is -0.933. The standard InChI is InChI=1S/C20H21NO6/c1-24-15-4-3-12-14(20(15)25-2)9-21(23)6-5-11-7-16-17(27-10-26-16)8-13(11)18(21)19(12)22/h3-4,7-8,18-19,22H,5-6,9-10H2,1-2H3. The first kappa shape index (κ1) is 16.7. The van der Waals surface area contributed by atoms with Gasteiger partial charge in [0.05, 0.1) is 26.3 Å². The topological polar surface area (TPSA) is 80.2 Å². The van der Waals surface area contributed by atoms with E-state index < -0.39 is 16.8 Å². The second-order valence-corrected chi connectivity index (χ2v) is 7.25. The lowest BCUT2D eigenvalue weighted by Gasteiger charge is -2.56. The van der Waals surface area contributed by atoms with Gasteiger partial charge in [0.1, 0.15) is 18.7 Å². The SMILES string of the molecule is COc1ccc2c(c1OC)C[N+]1([O-])CCc3cc4c(cc3C1C2O)OCO4. The molecule has 0 spiro atoms. The number of hydrogen-bond donors (Lipinski definition) is 1. The maximum absolute atomic E-state index is 13.8. The molecule has 0 fully saturated rings. The molecular formula is C20H21NO6. The Morgan fingerprint density at radius 3 is 2.63 bits per heavy atom. The molecule has 0 saturated heterocycles. The first-order valence-electron chi connectivity index (χ1n) is 8.97.